The van der Waals surface area contributed by atoms with Gasteiger partial charge in [0.15, 0.2) is 0 Å². The van der Waals surface area contributed by atoms with Crippen LogP contribution in [0.3, 0.4) is 0 Å². The fourth-order valence-electron chi connectivity index (χ4n) is 3.11. The van der Waals surface area contributed by atoms with Crippen molar-refractivity contribution < 1.29 is 18.4 Å². The van der Waals surface area contributed by atoms with E-state index in [9.17, 15) is 14.0 Å². The van der Waals surface area contributed by atoms with Crippen molar-refractivity contribution in [1.82, 2.24) is 20.4 Å². The lowest BCUT2D eigenvalue weighted by molar-refractivity contribution is -0.131. The predicted octanol–water partition coefficient (Wildman–Crippen LogP) is 2.44. The average molecular weight is 344 g/mol. The van der Waals surface area contributed by atoms with Gasteiger partial charge in [-0.25, -0.2) is 9.18 Å². The van der Waals surface area contributed by atoms with Crippen LogP contribution in [0.1, 0.15) is 49.4 Å². The van der Waals surface area contributed by atoms with Crippen molar-refractivity contribution in [2.75, 3.05) is 0 Å². The fourth-order valence-corrected chi connectivity index (χ4v) is 3.11. The zero-order chi connectivity index (χ0) is 17.6. The largest absolute Gasteiger partial charge is 0.423 e. The third-order valence-corrected chi connectivity index (χ3v) is 4.93. The molecule has 25 heavy (non-hydrogen) atoms. The highest BCUT2D eigenvalue weighted by Crippen LogP contribution is 2.36. The monoisotopic (exact) mass is 344 g/mol. The van der Waals surface area contributed by atoms with E-state index in [2.05, 4.69) is 15.5 Å². The maximum absolute atomic E-state index is 13.1. The molecular formula is C17H17FN4O3. The smallest absolute Gasteiger partial charge is 0.325 e. The summed E-state index contributed by atoms with van der Waals surface area (Å²) in [6.45, 7) is 1.51. The number of urea groups is 1. The van der Waals surface area contributed by atoms with Crippen LogP contribution in [-0.4, -0.2) is 27.0 Å². The van der Waals surface area contributed by atoms with Gasteiger partial charge >= 0.3 is 6.03 Å². The van der Waals surface area contributed by atoms with Gasteiger partial charge in [-0.1, -0.05) is 18.6 Å². The number of aromatic nitrogens is 2. The Morgan fingerprint density at radius 2 is 2.00 bits per heavy atom. The zero-order valence-corrected chi connectivity index (χ0v) is 13.7. The third-order valence-electron chi connectivity index (χ3n) is 4.93. The van der Waals surface area contributed by atoms with E-state index in [0.717, 1.165) is 24.2 Å². The standard InChI is InChI=1S/C17H17FN4O3/c1-17(11-5-7-12(18)8-6-11)15(23)22(16(24)19-17)9-13-20-21-14(25-13)10-3-2-4-10/h5-8,10H,2-4,9H2,1H3,(H,19,24). The van der Waals surface area contributed by atoms with Crippen LogP contribution in [0.15, 0.2) is 28.7 Å². The van der Waals surface area contributed by atoms with Crippen LogP contribution in [-0.2, 0) is 16.9 Å². The molecule has 7 nitrogen and oxygen atoms in total. The van der Waals surface area contributed by atoms with E-state index in [4.69, 9.17) is 4.42 Å². The van der Waals surface area contributed by atoms with Gasteiger partial charge < -0.3 is 9.73 Å². The minimum atomic E-state index is -1.25. The minimum Gasteiger partial charge on any atom is -0.423 e. The number of nitrogens with zero attached hydrogens (tertiary/aromatic N) is 3. The molecule has 2 heterocycles. The van der Waals surface area contributed by atoms with Gasteiger partial charge in [-0.15, -0.1) is 10.2 Å². The van der Waals surface area contributed by atoms with Gasteiger partial charge in [-0.2, -0.15) is 0 Å². The van der Waals surface area contributed by atoms with Gasteiger partial charge in [0.25, 0.3) is 5.91 Å². The maximum Gasteiger partial charge on any atom is 0.325 e. The second-order valence-electron chi connectivity index (χ2n) is 6.62. The Bertz CT molecular complexity index is 831. The molecule has 3 amide bonds. The summed E-state index contributed by atoms with van der Waals surface area (Å²) < 4.78 is 18.7. The summed E-state index contributed by atoms with van der Waals surface area (Å²) in [5.74, 6) is 0.236. The summed E-state index contributed by atoms with van der Waals surface area (Å²) in [6, 6.07) is 4.94. The Hall–Kier alpha value is -2.77. The molecule has 1 saturated heterocycles. The van der Waals surface area contributed by atoms with Crippen molar-refractivity contribution in [2.45, 2.75) is 44.2 Å². The summed E-state index contributed by atoms with van der Waals surface area (Å²) in [5.41, 5.74) is -0.739. The average Bonchev–Trinajstić information content (AvgIpc) is 3.06. The van der Waals surface area contributed by atoms with Crippen molar-refractivity contribution in [1.29, 1.82) is 0 Å². The fraction of sp³-hybridized carbons (Fsp3) is 0.412. The normalized spacial score (nSPS) is 23.7. The third kappa shape index (κ3) is 2.57. The lowest BCUT2D eigenvalue weighted by Crippen LogP contribution is -2.40. The van der Waals surface area contributed by atoms with E-state index in [1.54, 1.807) is 6.92 Å². The number of hydrogen-bond donors (Lipinski definition) is 1. The van der Waals surface area contributed by atoms with Gasteiger partial charge in [0.2, 0.25) is 11.8 Å². The molecule has 1 aliphatic heterocycles. The van der Waals surface area contributed by atoms with Crippen LogP contribution >= 0.6 is 0 Å². The first-order chi connectivity index (χ1) is 12.0. The number of benzene rings is 1. The number of carbonyl (C=O) groups excluding carboxylic acids is 2. The minimum absolute atomic E-state index is 0.0822. The SMILES string of the molecule is CC1(c2ccc(F)cc2)NC(=O)N(Cc2nnc(C3CCC3)o2)C1=O. The van der Waals surface area contributed by atoms with E-state index >= 15 is 0 Å². The number of imide groups is 1. The predicted molar refractivity (Wildman–Crippen MR) is 83.7 cm³/mol. The van der Waals surface area contributed by atoms with Crippen molar-refractivity contribution in [2.24, 2.45) is 0 Å². The van der Waals surface area contributed by atoms with Crippen LogP contribution in [0, 0.1) is 5.82 Å². The molecule has 0 spiro atoms. The zero-order valence-electron chi connectivity index (χ0n) is 13.7. The van der Waals surface area contributed by atoms with E-state index in [-0.39, 0.29) is 18.4 Å². The van der Waals surface area contributed by atoms with Gasteiger partial charge in [-0.3, -0.25) is 9.69 Å². The second-order valence-corrected chi connectivity index (χ2v) is 6.62. The first kappa shape index (κ1) is 15.7. The van der Waals surface area contributed by atoms with E-state index in [1.165, 1.54) is 24.3 Å². The molecule has 8 heteroatoms. The van der Waals surface area contributed by atoms with Crippen molar-refractivity contribution >= 4 is 11.9 Å². The van der Waals surface area contributed by atoms with Crippen molar-refractivity contribution in [3.05, 3.63) is 47.4 Å². The molecule has 2 aliphatic rings. The molecule has 1 atom stereocenters. The molecule has 1 aromatic carbocycles. The molecule has 1 saturated carbocycles. The Balaban J connectivity index is 1.54. The van der Waals surface area contributed by atoms with E-state index < -0.39 is 23.3 Å². The summed E-state index contributed by atoms with van der Waals surface area (Å²) >= 11 is 0. The highest BCUT2D eigenvalue weighted by atomic mass is 19.1. The van der Waals surface area contributed by atoms with Gasteiger partial charge in [0.05, 0.1) is 0 Å². The number of nitrogens with one attached hydrogen (secondary N) is 1. The summed E-state index contributed by atoms with van der Waals surface area (Å²) in [5, 5.41) is 10.6. The van der Waals surface area contributed by atoms with Gasteiger partial charge in [0, 0.05) is 5.92 Å². The number of carbonyl (C=O) groups is 2. The topological polar surface area (TPSA) is 88.3 Å². The first-order valence-electron chi connectivity index (χ1n) is 8.20. The quantitative estimate of drug-likeness (QED) is 0.861. The van der Waals surface area contributed by atoms with Crippen molar-refractivity contribution in [3.8, 4) is 0 Å². The van der Waals surface area contributed by atoms with Gasteiger partial charge in [-0.05, 0) is 37.5 Å². The molecule has 0 radical (unpaired) electrons. The highest BCUT2D eigenvalue weighted by Gasteiger charge is 2.49. The molecule has 2 aromatic rings. The van der Waals surface area contributed by atoms with Crippen LogP contribution in [0.25, 0.3) is 0 Å². The Labute approximate surface area is 143 Å². The van der Waals surface area contributed by atoms with Crippen LogP contribution < -0.4 is 5.32 Å². The van der Waals surface area contributed by atoms with Crippen molar-refractivity contribution in [3.63, 3.8) is 0 Å². The molecule has 1 unspecified atom stereocenters. The maximum atomic E-state index is 13.1. The Morgan fingerprint density at radius 1 is 1.28 bits per heavy atom. The second kappa shape index (κ2) is 5.65. The summed E-state index contributed by atoms with van der Waals surface area (Å²) in [4.78, 5) is 26.1. The molecule has 1 aromatic heterocycles. The van der Waals surface area contributed by atoms with Crippen LogP contribution in [0.4, 0.5) is 9.18 Å². The number of hydrogen-bond acceptors (Lipinski definition) is 5. The Kier molecular flexibility index (Phi) is 3.55. The van der Waals surface area contributed by atoms with E-state index in [1.807, 2.05) is 0 Å². The molecule has 2 fully saturated rings. The lowest BCUT2D eigenvalue weighted by atomic mass is 9.85. The first-order valence-corrected chi connectivity index (χ1v) is 8.20. The van der Waals surface area contributed by atoms with Gasteiger partial charge in [0.1, 0.15) is 17.9 Å². The molecule has 1 aliphatic carbocycles. The number of rotatable bonds is 4. The molecule has 1 N–H and O–H groups in total. The van der Waals surface area contributed by atoms with E-state index in [0.29, 0.717) is 11.5 Å². The van der Waals surface area contributed by atoms with Crippen LogP contribution in [0.5, 0.6) is 0 Å². The number of halogens is 1. The highest BCUT2D eigenvalue weighted by molar-refractivity contribution is 6.07. The number of amides is 3. The molecule has 130 valence electrons. The van der Waals surface area contributed by atoms with Crippen LogP contribution in [0.2, 0.25) is 0 Å². The molecule has 0 bridgehead atoms. The molecular weight excluding hydrogens is 327 g/mol. The summed E-state index contributed by atoms with van der Waals surface area (Å²) in [6.07, 6.45) is 3.19. The molecule has 4 rings (SSSR count). The Morgan fingerprint density at radius 3 is 2.64 bits per heavy atom. The lowest BCUT2D eigenvalue weighted by Gasteiger charge is -2.22. The summed E-state index contributed by atoms with van der Waals surface area (Å²) in [7, 11) is 0.